The summed E-state index contributed by atoms with van der Waals surface area (Å²) in [6.45, 7) is 0.796. The summed E-state index contributed by atoms with van der Waals surface area (Å²) in [4.78, 5) is 16.8. The molecule has 8 heteroatoms. The highest BCUT2D eigenvalue weighted by Crippen LogP contribution is 2.66. The van der Waals surface area contributed by atoms with E-state index in [1.807, 2.05) is 6.07 Å². The van der Waals surface area contributed by atoms with E-state index in [4.69, 9.17) is 14.7 Å². The number of carbonyl (C=O) groups is 1. The van der Waals surface area contributed by atoms with Gasteiger partial charge in [0, 0.05) is 19.6 Å². The number of ether oxygens (including phenoxy) is 2. The van der Waals surface area contributed by atoms with E-state index < -0.39 is 29.6 Å². The highest BCUT2D eigenvalue weighted by atomic mass is 19.3. The SMILES string of the molecule is N#Cc1ccc(Oc2ccc(NC(=O)C3(C4CCOCC4)CC3(F)F)nc2)cc1. The van der Waals surface area contributed by atoms with Crippen molar-refractivity contribution in [2.45, 2.75) is 25.2 Å². The molecule has 6 nitrogen and oxygen atoms in total. The van der Waals surface area contributed by atoms with Crippen LogP contribution in [-0.4, -0.2) is 30.0 Å². The summed E-state index contributed by atoms with van der Waals surface area (Å²) < 4.78 is 39.2. The zero-order valence-corrected chi connectivity index (χ0v) is 15.5. The normalized spacial score (nSPS) is 23.1. The number of pyridine rings is 1. The predicted molar refractivity (Wildman–Crippen MR) is 99.6 cm³/mol. The maximum absolute atomic E-state index is 14.2. The number of rotatable bonds is 5. The molecule has 0 bridgehead atoms. The minimum atomic E-state index is -3.00. The van der Waals surface area contributed by atoms with Crippen molar-refractivity contribution < 1.29 is 23.0 Å². The van der Waals surface area contributed by atoms with Crippen molar-refractivity contribution in [3.05, 3.63) is 48.2 Å². The third-order valence-corrected chi connectivity index (χ3v) is 5.55. The molecule has 1 aliphatic carbocycles. The molecule has 2 aromatic rings. The number of hydrogen-bond donors (Lipinski definition) is 1. The van der Waals surface area contributed by atoms with Crippen LogP contribution in [0.1, 0.15) is 24.8 Å². The molecule has 150 valence electrons. The maximum atomic E-state index is 14.2. The number of hydrogen-bond acceptors (Lipinski definition) is 5. The lowest BCUT2D eigenvalue weighted by Gasteiger charge is -2.29. The van der Waals surface area contributed by atoms with Gasteiger partial charge in [-0.15, -0.1) is 0 Å². The van der Waals surface area contributed by atoms with Crippen LogP contribution >= 0.6 is 0 Å². The van der Waals surface area contributed by atoms with Crippen molar-refractivity contribution in [3.8, 4) is 17.6 Å². The van der Waals surface area contributed by atoms with Crippen molar-refractivity contribution in [1.29, 1.82) is 5.26 Å². The molecule has 2 fully saturated rings. The van der Waals surface area contributed by atoms with Crippen LogP contribution in [-0.2, 0) is 9.53 Å². The van der Waals surface area contributed by atoms with Gasteiger partial charge in [-0.3, -0.25) is 4.79 Å². The lowest BCUT2D eigenvalue weighted by molar-refractivity contribution is -0.130. The van der Waals surface area contributed by atoms with E-state index in [1.165, 1.54) is 12.3 Å². The van der Waals surface area contributed by atoms with E-state index in [0.29, 0.717) is 43.1 Å². The van der Waals surface area contributed by atoms with E-state index in [2.05, 4.69) is 10.3 Å². The molecule has 1 atom stereocenters. The van der Waals surface area contributed by atoms with Crippen LogP contribution in [0.15, 0.2) is 42.6 Å². The zero-order valence-electron chi connectivity index (χ0n) is 15.5. The van der Waals surface area contributed by atoms with Gasteiger partial charge < -0.3 is 14.8 Å². The van der Waals surface area contributed by atoms with E-state index in [9.17, 15) is 13.6 Å². The van der Waals surface area contributed by atoms with E-state index in [0.717, 1.165) is 0 Å². The molecule has 0 spiro atoms. The molecule has 0 radical (unpaired) electrons. The van der Waals surface area contributed by atoms with Crippen molar-refractivity contribution in [1.82, 2.24) is 4.98 Å². The Bertz CT molecular complexity index is 935. The Morgan fingerprint density at radius 2 is 1.83 bits per heavy atom. The molecule has 1 aromatic carbocycles. The van der Waals surface area contributed by atoms with E-state index >= 15 is 0 Å². The number of carbonyl (C=O) groups excluding carboxylic acids is 1. The van der Waals surface area contributed by atoms with Crippen molar-refractivity contribution in [3.63, 3.8) is 0 Å². The molecule has 29 heavy (non-hydrogen) atoms. The number of nitriles is 1. The summed E-state index contributed by atoms with van der Waals surface area (Å²) in [5.41, 5.74) is -1.15. The molecule has 1 aromatic heterocycles. The summed E-state index contributed by atoms with van der Waals surface area (Å²) in [5, 5.41) is 11.4. The molecule has 4 rings (SSSR count). The van der Waals surface area contributed by atoms with Crippen LogP contribution in [0.5, 0.6) is 11.5 Å². The topological polar surface area (TPSA) is 84.2 Å². The standard InChI is InChI=1S/C21H19F2N3O3/c22-21(23)13-20(21,15-7-9-28-10-8-15)19(27)26-18-6-5-17(12-25-18)29-16-3-1-14(11-24)2-4-16/h1-6,12,15H,7-10,13H2,(H,25,26,27). The van der Waals surface area contributed by atoms with Gasteiger partial charge in [0.2, 0.25) is 5.91 Å². The van der Waals surface area contributed by atoms with Gasteiger partial charge in [-0.1, -0.05) is 0 Å². The lowest BCUT2D eigenvalue weighted by Crippen LogP contribution is -2.38. The number of alkyl halides is 2. The van der Waals surface area contributed by atoms with E-state index in [1.54, 1.807) is 30.3 Å². The number of halogens is 2. The van der Waals surface area contributed by atoms with Crippen molar-refractivity contribution >= 4 is 11.7 Å². The van der Waals surface area contributed by atoms with Crippen LogP contribution < -0.4 is 10.1 Å². The minimum absolute atomic E-state index is 0.191. The average Bonchev–Trinajstić information content (AvgIpc) is 3.34. The Labute approximate surface area is 166 Å². The Morgan fingerprint density at radius 1 is 1.17 bits per heavy atom. The summed E-state index contributed by atoms with van der Waals surface area (Å²) in [6.07, 6.45) is 1.87. The summed E-state index contributed by atoms with van der Waals surface area (Å²) in [7, 11) is 0. The number of amides is 1. The largest absolute Gasteiger partial charge is 0.456 e. The highest BCUT2D eigenvalue weighted by molar-refractivity contribution is 5.98. The third-order valence-electron chi connectivity index (χ3n) is 5.55. The number of benzene rings is 1. The van der Waals surface area contributed by atoms with Crippen LogP contribution in [0.25, 0.3) is 0 Å². The summed E-state index contributed by atoms with van der Waals surface area (Å²) in [6, 6.07) is 11.7. The Morgan fingerprint density at radius 3 is 2.38 bits per heavy atom. The number of aromatic nitrogens is 1. The Balaban J connectivity index is 1.42. The first-order valence-corrected chi connectivity index (χ1v) is 9.36. The smallest absolute Gasteiger partial charge is 0.264 e. The van der Waals surface area contributed by atoms with Gasteiger partial charge in [-0.2, -0.15) is 5.26 Å². The average molecular weight is 399 g/mol. The summed E-state index contributed by atoms with van der Waals surface area (Å²) >= 11 is 0. The molecule has 1 N–H and O–H groups in total. The highest BCUT2D eigenvalue weighted by Gasteiger charge is 2.78. The second-order valence-electron chi connectivity index (χ2n) is 7.31. The number of anilines is 1. The molecule has 1 saturated heterocycles. The van der Waals surface area contributed by atoms with Gasteiger partial charge in [-0.05, 0) is 55.2 Å². The van der Waals surface area contributed by atoms with Crippen molar-refractivity contribution in [2.75, 3.05) is 18.5 Å². The Hall–Kier alpha value is -3.05. The maximum Gasteiger partial charge on any atom is 0.264 e. The third kappa shape index (κ3) is 3.66. The quantitative estimate of drug-likeness (QED) is 0.817. The fraction of sp³-hybridized carbons (Fsp3) is 0.381. The molecule has 1 unspecified atom stereocenters. The molecule has 2 aliphatic rings. The predicted octanol–water partition coefficient (Wildman–Crippen LogP) is 4.14. The van der Waals surface area contributed by atoms with Crippen molar-refractivity contribution in [2.24, 2.45) is 11.3 Å². The van der Waals surface area contributed by atoms with Gasteiger partial charge in [0.25, 0.3) is 5.92 Å². The molecule has 1 amide bonds. The minimum Gasteiger partial charge on any atom is -0.456 e. The first kappa shape index (κ1) is 19.3. The van der Waals surface area contributed by atoms with Crippen LogP contribution in [0.3, 0.4) is 0 Å². The second kappa shape index (κ2) is 7.41. The molecule has 1 aliphatic heterocycles. The first-order valence-electron chi connectivity index (χ1n) is 9.36. The molecular formula is C21H19F2N3O3. The number of nitrogens with one attached hydrogen (secondary N) is 1. The van der Waals surface area contributed by atoms with Gasteiger partial charge in [0.15, 0.2) is 0 Å². The molecular weight excluding hydrogens is 380 g/mol. The molecule has 1 saturated carbocycles. The van der Waals surface area contributed by atoms with Crippen LogP contribution in [0, 0.1) is 22.7 Å². The monoisotopic (exact) mass is 399 g/mol. The van der Waals surface area contributed by atoms with E-state index in [-0.39, 0.29) is 5.82 Å². The van der Waals surface area contributed by atoms with Crippen LogP contribution in [0.4, 0.5) is 14.6 Å². The van der Waals surface area contributed by atoms with Crippen LogP contribution in [0.2, 0.25) is 0 Å². The van der Waals surface area contributed by atoms with Gasteiger partial charge in [-0.25, -0.2) is 13.8 Å². The Kier molecular flexibility index (Phi) is 4.92. The van der Waals surface area contributed by atoms with Gasteiger partial charge >= 0.3 is 0 Å². The first-order chi connectivity index (χ1) is 13.9. The fourth-order valence-electron chi connectivity index (χ4n) is 3.85. The number of nitrogens with zero attached hydrogens (tertiary/aromatic N) is 2. The van der Waals surface area contributed by atoms with Gasteiger partial charge in [0.05, 0.1) is 17.8 Å². The fourth-order valence-corrected chi connectivity index (χ4v) is 3.85. The molecule has 2 heterocycles. The van der Waals surface area contributed by atoms with Gasteiger partial charge in [0.1, 0.15) is 22.7 Å². The second-order valence-corrected chi connectivity index (χ2v) is 7.31. The lowest BCUT2D eigenvalue weighted by atomic mass is 9.81. The summed E-state index contributed by atoms with van der Waals surface area (Å²) in [5.74, 6) is -2.95. The zero-order chi connectivity index (χ0) is 20.5.